The molecule has 7 heteroatoms. The van der Waals surface area contributed by atoms with E-state index in [1.54, 1.807) is 19.9 Å². The summed E-state index contributed by atoms with van der Waals surface area (Å²) in [5.41, 5.74) is 0.171. The molecule has 0 fully saturated rings. The highest BCUT2D eigenvalue weighted by Gasteiger charge is 2.10. The number of rotatable bonds is 6. The van der Waals surface area contributed by atoms with E-state index in [1.807, 2.05) is 0 Å². The highest BCUT2D eigenvalue weighted by Crippen LogP contribution is 2.18. The summed E-state index contributed by atoms with van der Waals surface area (Å²) >= 11 is 0. The van der Waals surface area contributed by atoms with Gasteiger partial charge in [0.2, 0.25) is 0 Å². The van der Waals surface area contributed by atoms with Gasteiger partial charge in [0.1, 0.15) is 0 Å². The lowest BCUT2D eigenvalue weighted by molar-refractivity contribution is -0.385. The lowest BCUT2D eigenvalue weighted by Crippen LogP contribution is -2.33. The summed E-state index contributed by atoms with van der Waals surface area (Å²) in [6.07, 6.45) is 2.33. The average Bonchev–Trinajstić information content (AvgIpc) is 2.42. The predicted molar refractivity (Wildman–Crippen MR) is 76.4 cm³/mol. The molecule has 0 aliphatic carbocycles. The van der Waals surface area contributed by atoms with Crippen LogP contribution in [0.1, 0.15) is 19.4 Å². The van der Waals surface area contributed by atoms with Gasteiger partial charge in [0.15, 0.2) is 6.61 Å². The molecule has 0 saturated heterocycles. The molecule has 1 amide bonds. The SMILES string of the molecule is CC(C)NC(=O)COC(=O)/C=C/c1ccccc1[N+](=O)[O-]. The van der Waals surface area contributed by atoms with E-state index < -0.39 is 23.4 Å². The highest BCUT2D eigenvalue weighted by atomic mass is 16.6. The second kappa shape index (κ2) is 7.78. The number of ether oxygens (including phenoxy) is 1. The molecule has 1 N–H and O–H groups in total. The van der Waals surface area contributed by atoms with Gasteiger partial charge < -0.3 is 10.1 Å². The fourth-order valence-corrected chi connectivity index (χ4v) is 1.50. The molecule has 0 aromatic heterocycles. The zero-order chi connectivity index (χ0) is 15.8. The van der Waals surface area contributed by atoms with Crippen molar-refractivity contribution < 1.29 is 19.2 Å². The minimum Gasteiger partial charge on any atom is -0.452 e. The third kappa shape index (κ3) is 5.85. The summed E-state index contributed by atoms with van der Waals surface area (Å²) in [6.45, 7) is 3.18. The second-order valence-electron chi connectivity index (χ2n) is 4.48. The van der Waals surface area contributed by atoms with E-state index in [4.69, 9.17) is 4.74 Å². The van der Waals surface area contributed by atoms with Crippen molar-refractivity contribution in [3.05, 3.63) is 46.0 Å². The zero-order valence-electron chi connectivity index (χ0n) is 11.7. The molecule has 0 radical (unpaired) electrons. The molecule has 0 atom stereocenters. The Morgan fingerprint density at radius 2 is 2.05 bits per heavy atom. The van der Waals surface area contributed by atoms with Crippen molar-refractivity contribution in [2.75, 3.05) is 6.61 Å². The number of hydrogen-bond donors (Lipinski definition) is 1. The van der Waals surface area contributed by atoms with Crippen LogP contribution in [-0.4, -0.2) is 29.4 Å². The largest absolute Gasteiger partial charge is 0.452 e. The number of amides is 1. The van der Waals surface area contributed by atoms with Gasteiger partial charge in [-0.2, -0.15) is 0 Å². The van der Waals surface area contributed by atoms with E-state index in [0.29, 0.717) is 0 Å². The Bertz CT molecular complexity index is 566. The van der Waals surface area contributed by atoms with Gasteiger partial charge in [0, 0.05) is 18.2 Å². The van der Waals surface area contributed by atoms with Gasteiger partial charge in [0.25, 0.3) is 11.6 Å². The van der Waals surface area contributed by atoms with Crippen LogP contribution in [0, 0.1) is 10.1 Å². The first-order chi connectivity index (χ1) is 9.90. The predicted octanol–water partition coefficient (Wildman–Crippen LogP) is 1.68. The molecule has 0 heterocycles. The first kappa shape index (κ1) is 16.4. The van der Waals surface area contributed by atoms with Crippen LogP contribution in [0.3, 0.4) is 0 Å². The number of carbonyl (C=O) groups excluding carboxylic acids is 2. The highest BCUT2D eigenvalue weighted by molar-refractivity contribution is 5.89. The van der Waals surface area contributed by atoms with E-state index in [1.165, 1.54) is 24.3 Å². The normalized spacial score (nSPS) is 10.6. The van der Waals surface area contributed by atoms with Crippen LogP contribution in [0.15, 0.2) is 30.3 Å². The van der Waals surface area contributed by atoms with Crippen LogP contribution >= 0.6 is 0 Å². The number of carbonyl (C=O) groups is 2. The molecule has 0 spiro atoms. The van der Waals surface area contributed by atoms with Crippen molar-refractivity contribution in [1.82, 2.24) is 5.32 Å². The Balaban J connectivity index is 2.59. The number of nitrogens with one attached hydrogen (secondary N) is 1. The van der Waals surface area contributed by atoms with Crippen molar-refractivity contribution in [3.8, 4) is 0 Å². The van der Waals surface area contributed by atoms with Gasteiger partial charge in [-0.3, -0.25) is 14.9 Å². The standard InChI is InChI=1S/C14H16N2O5/c1-10(2)15-13(17)9-21-14(18)8-7-11-5-3-4-6-12(11)16(19)20/h3-8,10H,9H2,1-2H3,(H,15,17)/b8-7+. The van der Waals surface area contributed by atoms with Gasteiger partial charge in [-0.1, -0.05) is 12.1 Å². The molecule has 112 valence electrons. The molecule has 7 nitrogen and oxygen atoms in total. The Kier molecular flexibility index (Phi) is 6.06. The van der Waals surface area contributed by atoms with Crippen molar-refractivity contribution in [3.63, 3.8) is 0 Å². The topological polar surface area (TPSA) is 98.5 Å². The number of nitro benzene ring substituents is 1. The Morgan fingerprint density at radius 1 is 1.38 bits per heavy atom. The Labute approximate surface area is 121 Å². The molecule has 0 aliphatic rings. The van der Waals surface area contributed by atoms with Gasteiger partial charge in [-0.05, 0) is 26.0 Å². The summed E-state index contributed by atoms with van der Waals surface area (Å²) in [6, 6.07) is 5.95. The fraction of sp³-hybridized carbons (Fsp3) is 0.286. The smallest absolute Gasteiger partial charge is 0.331 e. The lowest BCUT2D eigenvalue weighted by atomic mass is 10.1. The van der Waals surface area contributed by atoms with Crippen LogP contribution < -0.4 is 5.32 Å². The van der Waals surface area contributed by atoms with Crippen molar-refractivity contribution in [2.45, 2.75) is 19.9 Å². The minimum atomic E-state index is -0.743. The third-order valence-electron chi connectivity index (χ3n) is 2.33. The Morgan fingerprint density at radius 3 is 2.67 bits per heavy atom. The zero-order valence-corrected chi connectivity index (χ0v) is 11.7. The summed E-state index contributed by atoms with van der Waals surface area (Å²) in [4.78, 5) is 32.9. The maximum absolute atomic E-state index is 11.4. The summed E-state index contributed by atoms with van der Waals surface area (Å²) in [7, 11) is 0. The van der Waals surface area contributed by atoms with Gasteiger partial charge in [-0.15, -0.1) is 0 Å². The molecule has 0 bridgehead atoms. The molecule has 21 heavy (non-hydrogen) atoms. The van der Waals surface area contributed by atoms with E-state index >= 15 is 0 Å². The quantitative estimate of drug-likeness (QED) is 0.372. The van der Waals surface area contributed by atoms with E-state index in [9.17, 15) is 19.7 Å². The lowest BCUT2D eigenvalue weighted by Gasteiger charge is -2.07. The van der Waals surface area contributed by atoms with Crippen molar-refractivity contribution in [2.24, 2.45) is 0 Å². The van der Waals surface area contributed by atoms with Crippen LogP contribution in [0.2, 0.25) is 0 Å². The van der Waals surface area contributed by atoms with Crippen LogP contribution in [-0.2, 0) is 14.3 Å². The maximum atomic E-state index is 11.4. The molecule has 1 aromatic carbocycles. The first-order valence-electron chi connectivity index (χ1n) is 6.27. The number of benzene rings is 1. The number of nitro groups is 1. The van der Waals surface area contributed by atoms with Crippen LogP contribution in [0.25, 0.3) is 6.08 Å². The molecule has 1 rings (SSSR count). The molecule has 0 saturated carbocycles. The van der Waals surface area contributed by atoms with Gasteiger partial charge in [0.05, 0.1) is 10.5 Å². The first-order valence-corrected chi connectivity index (χ1v) is 6.27. The molecule has 1 aromatic rings. The summed E-state index contributed by atoms with van der Waals surface area (Å²) < 4.78 is 4.72. The molecule has 0 aliphatic heterocycles. The van der Waals surface area contributed by atoms with Crippen LogP contribution in [0.4, 0.5) is 5.69 Å². The minimum absolute atomic E-state index is 0.0429. The number of esters is 1. The summed E-state index contributed by atoms with van der Waals surface area (Å²) in [5.74, 6) is -1.15. The number of hydrogen-bond acceptors (Lipinski definition) is 5. The van der Waals surface area contributed by atoms with Gasteiger partial charge in [-0.25, -0.2) is 4.79 Å². The van der Waals surface area contributed by atoms with E-state index in [2.05, 4.69) is 5.32 Å². The molecular weight excluding hydrogens is 276 g/mol. The van der Waals surface area contributed by atoms with Gasteiger partial charge >= 0.3 is 5.97 Å². The average molecular weight is 292 g/mol. The monoisotopic (exact) mass is 292 g/mol. The second-order valence-corrected chi connectivity index (χ2v) is 4.48. The fourth-order valence-electron chi connectivity index (χ4n) is 1.50. The van der Waals surface area contributed by atoms with Crippen molar-refractivity contribution >= 4 is 23.6 Å². The molecular formula is C14H16N2O5. The Hall–Kier alpha value is -2.70. The number of para-hydroxylation sites is 1. The summed E-state index contributed by atoms with van der Waals surface area (Å²) in [5, 5.41) is 13.4. The van der Waals surface area contributed by atoms with Crippen LogP contribution in [0.5, 0.6) is 0 Å². The van der Waals surface area contributed by atoms with Crippen molar-refractivity contribution in [1.29, 1.82) is 0 Å². The van der Waals surface area contributed by atoms with E-state index in [0.717, 1.165) is 6.08 Å². The molecule has 0 unspecified atom stereocenters. The maximum Gasteiger partial charge on any atom is 0.331 e. The third-order valence-corrected chi connectivity index (χ3v) is 2.33. The van der Waals surface area contributed by atoms with E-state index in [-0.39, 0.29) is 17.3 Å². The number of nitrogens with zero attached hydrogens (tertiary/aromatic N) is 1.